The maximum Gasteiger partial charge on any atom is 0.320 e. The van der Waals surface area contributed by atoms with E-state index in [-0.39, 0.29) is 11.6 Å². The Morgan fingerprint density at radius 3 is 2.81 bits per heavy atom. The van der Waals surface area contributed by atoms with E-state index in [1.165, 1.54) is 36.2 Å². The lowest BCUT2D eigenvalue weighted by Crippen LogP contribution is -2.52. The smallest absolute Gasteiger partial charge is 0.320 e. The molecule has 1 aromatic heterocycles. The summed E-state index contributed by atoms with van der Waals surface area (Å²) in [5.41, 5.74) is 6.87. The van der Waals surface area contributed by atoms with E-state index in [0.29, 0.717) is 0 Å². The molecule has 5 heteroatoms. The first-order valence-electron chi connectivity index (χ1n) is 5.69. The fourth-order valence-corrected chi connectivity index (χ4v) is 3.75. The molecule has 4 N–H and O–H groups in total. The molecule has 2 heterocycles. The highest BCUT2D eigenvalue weighted by Gasteiger charge is 2.41. The maximum atomic E-state index is 11.7. The Balaban J connectivity index is 2.08. The van der Waals surface area contributed by atoms with Gasteiger partial charge in [0.2, 0.25) is 0 Å². The van der Waals surface area contributed by atoms with Crippen LogP contribution in [0.5, 0.6) is 0 Å². The summed E-state index contributed by atoms with van der Waals surface area (Å²) >= 11 is 1.47. The Morgan fingerprint density at radius 1 is 1.31 bits per heavy atom. The molecule has 1 aliphatic carbocycles. The normalized spacial score (nSPS) is 22.4. The van der Waals surface area contributed by atoms with Crippen molar-refractivity contribution in [3.63, 3.8) is 0 Å². The molecule has 4 nitrogen and oxygen atoms in total. The topological polar surface area (TPSA) is 67.1 Å². The zero-order valence-corrected chi connectivity index (χ0v) is 9.82. The number of thiophene rings is 1. The first kappa shape index (κ1) is 9.96. The molecule has 2 aliphatic rings. The minimum absolute atomic E-state index is 0.0868. The summed E-state index contributed by atoms with van der Waals surface area (Å²) in [5, 5.41) is 7.65. The molecule has 0 aromatic carbocycles. The number of anilines is 2. The van der Waals surface area contributed by atoms with Gasteiger partial charge in [-0.1, -0.05) is 19.3 Å². The second-order valence-corrected chi connectivity index (χ2v) is 5.70. The Hall–Kier alpha value is -1.23. The van der Waals surface area contributed by atoms with Crippen LogP contribution in [0.2, 0.25) is 0 Å². The molecule has 16 heavy (non-hydrogen) atoms. The average Bonchev–Trinajstić information content (AvgIpc) is 2.60. The highest BCUT2D eigenvalue weighted by Crippen LogP contribution is 2.46. The van der Waals surface area contributed by atoms with Crippen LogP contribution in [0.3, 0.4) is 0 Å². The Bertz CT molecular complexity index is 434. The van der Waals surface area contributed by atoms with Crippen LogP contribution in [-0.2, 0) is 5.54 Å². The van der Waals surface area contributed by atoms with Gasteiger partial charge in [0.05, 0.1) is 10.5 Å². The zero-order chi connectivity index (χ0) is 11.2. The molecule has 0 radical (unpaired) electrons. The molecule has 2 amide bonds. The van der Waals surface area contributed by atoms with Crippen molar-refractivity contribution in [3.8, 4) is 0 Å². The summed E-state index contributed by atoms with van der Waals surface area (Å²) in [4.78, 5) is 11.7. The van der Waals surface area contributed by atoms with E-state index >= 15 is 0 Å². The summed E-state index contributed by atoms with van der Waals surface area (Å²) in [6.45, 7) is 0. The molecule has 1 fully saturated rings. The minimum Gasteiger partial charge on any atom is -0.391 e. The summed E-state index contributed by atoms with van der Waals surface area (Å²) in [6.07, 6.45) is 5.68. The van der Waals surface area contributed by atoms with Gasteiger partial charge in [-0.15, -0.1) is 11.3 Å². The summed E-state index contributed by atoms with van der Waals surface area (Å²) in [6, 6.07) is 1.92. The van der Waals surface area contributed by atoms with Crippen LogP contribution in [-0.4, -0.2) is 6.03 Å². The molecular weight excluding hydrogens is 222 g/mol. The Kier molecular flexibility index (Phi) is 2.10. The van der Waals surface area contributed by atoms with Crippen molar-refractivity contribution in [3.05, 3.63) is 11.6 Å². The van der Waals surface area contributed by atoms with Crippen LogP contribution in [0.4, 0.5) is 14.8 Å². The van der Waals surface area contributed by atoms with Crippen molar-refractivity contribution in [2.45, 2.75) is 37.6 Å². The van der Waals surface area contributed by atoms with E-state index in [0.717, 1.165) is 22.8 Å². The number of nitrogen functional groups attached to an aromatic ring is 1. The second kappa shape index (κ2) is 3.38. The number of urea groups is 1. The number of nitrogens with one attached hydrogen (secondary N) is 2. The van der Waals surface area contributed by atoms with Crippen molar-refractivity contribution in [2.24, 2.45) is 0 Å². The van der Waals surface area contributed by atoms with Gasteiger partial charge in [0, 0.05) is 5.56 Å². The van der Waals surface area contributed by atoms with Crippen molar-refractivity contribution >= 4 is 27.4 Å². The molecule has 3 rings (SSSR count). The lowest BCUT2D eigenvalue weighted by Gasteiger charge is -2.41. The zero-order valence-electron chi connectivity index (χ0n) is 9.01. The third-order valence-electron chi connectivity index (χ3n) is 3.55. The predicted octanol–water partition coefficient (Wildman–Crippen LogP) is 2.62. The van der Waals surface area contributed by atoms with Crippen LogP contribution in [0.1, 0.15) is 37.7 Å². The molecule has 1 spiro atoms. The van der Waals surface area contributed by atoms with E-state index in [9.17, 15) is 4.79 Å². The number of rotatable bonds is 0. The van der Waals surface area contributed by atoms with Crippen molar-refractivity contribution in [2.75, 3.05) is 11.1 Å². The fraction of sp³-hybridized carbons (Fsp3) is 0.545. The van der Waals surface area contributed by atoms with Crippen LogP contribution in [0.15, 0.2) is 6.07 Å². The van der Waals surface area contributed by atoms with E-state index in [1.807, 2.05) is 6.07 Å². The largest absolute Gasteiger partial charge is 0.391 e. The first-order valence-corrected chi connectivity index (χ1v) is 6.50. The van der Waals surface area contributed by atoms with Gasteiger partial charge in [0.1, 0.15) is 5.00 Å². The van der Waals surface area contributed by atoms with Gasteiger partial charge in [-0.05, 0) is 18.9 Å². The van der Waals surface area contributed by atoms with E-state index < -0.39 is 0 Å². The summed E-state index contributed by atoms with van der Waals surface area (Å²) in [7, 11) is 0. The van der Waals surface area contributed by atoms with Gasteiger partial charge in [-0.3, -0.25) is 5.32 Å². The monoisotopic (exact) mass is 237 g/mol. The molecule has 0 saturated heterocycles. The quantitative estimate of drug-likeness (QED) is 0.649. The highest BCUT2D eigenvalue weighted by molar-refractivity contribution is 7.20. The van der Waals surface area contributed by atoms with Crippen LogP contribution in [0, 0.1) is 0 Å². The lowest BCUT2D eigenvalue weighted by molar-refractivity contribution is 0.209. The number of hydrogen-bond acceptors (Lipinski definition) is 3. The van der Waals surface area contributed by atoms with Crippen LogP contribution in [0.25, 0.3) is 0 Å². The molecule has 1 aliphatic heterocycles. The SMILES string of the molecule is Nc1cc2c(s1)NC(=O)NC21CCCCC1. The fourth-order valence-electron chi connectivity index (χ4n) is 2.83. The molecule has 86 valence electrons. The maximum absolute atomic E-state index is 11.7. The second-order valence-electron chi connectivity index (χ2n) is 4.61. The molecule has 0 bridgehead atoms. The lowest BCUT2D eigenvalue weighted by atomic mass is 9.76. The number of nitrogens with two attached hydrogens (primary N) is 1. The molecule has 0 atom stereocenters. The van der Waals surface area contributed by atoms with Gasteiger partial charge < -0.3 is 11.1 Å². The number of carbonyl (C=O) groups is 1. The highest BCUT2D eigenvalue weighted by atomic mass is 32.1. The predicted molar refractivity (Wildman–Crippen MR) is 65.6 cm³/mol. The van der Waals surface area contributed by atoms with Crippen molar-refractivity contribution < 1.29 is 4.79 Å². The third kappa shape index (κ3) is 1.38. The number of fused-ring (bicyclic) bond motifs is 2. The van der Waals surface area contributed by atoms with Gasteiger partial charge in [-0.25, -0.2) is 4.79 Å². The molecule has 1 saturated carbocycles. The number of amides is 2. The standard InChI is InChI=1S/C11H15N3OS/c12-8-6-7-9(16-8)13-10(15)14-11(7)4-2-1-3-5-11/h6H,1-5,12H2,(H2,13,14,15). The van der Waals surface area contributed by atoms with Crippen molar-refractivity contribution in [1.29, 1.82) is 0 Å². The molecule has 1 aromatic rings. The summed E-state index contributed by atoms with van der Waals surface area (Å²) < 4.78 is 0. The van der Waals surface area contributed by atoms with Gasteiger partial charge >= 0.3 is 6.03 Å². The van der Waals surface area contributed by atoms with Crippen molar-refractivity contribution in [1.82, 2.24) is 5.32 Å². The minimum atomic E-state index is -0.149. The first-order chi connectivity index (χ1) is 7.70. The number of carbonyl (C=O) groups excluding carboxylic acids is 1. The van der Waals surface area contributed by atoms with Crippen LogP contribution >= 0.6 is 11.3 Å². The Labute approximate surface area is 98.2 Å². The van der Waals surface area contributed by atoms with Gasteiger partial charge in [-0.2, -0.15) is 0 Å². The summed E-state index contributed by atoms with van der Waals surface area (Å²) in [5.74, 6) is 0. The van der Waals surface area contributed by atoms with E-state index in [1.54, 1.807) is 0 Å². The van der Waals surface area contributed by atoms with E-state index in [4.69, 9.17) is 5.73 Å². The molecule has 0 unspecified atom stereocenters. The number of hydrogen-bond donors (Lipinski definition) is 3. The van der Waals surface area contributed by atoms with Crippen LogP contribution < -0.4 is 16.4 Å². The van der Waals surface area contributed by atoms with E-state index in [2.05, 4.69) is 10.6 Å². The average molecular weight is 237 g/mol. The third-order valence-corrected chi connectivity index (χ3v) is 4.43. The Morgan fingerprint density at radius 2 is 2.06 bits per heavy atom. The van der Waals surface area contributed by atoms with Gasteiger partial charge in [0.15, 0.2) is 0 Å². The van der Waals surface area contributed by atoms with Gasteiger partial charge in [0.25, 0.3) is 0 Å². The molecular formula is C11H15N3OS.